The van der Waals surface area contributed by atoms with Crippen molar-refractivity contribution in [3.63, 3.8) is 0 Å². The van der Waals surface area contributed by atoms with E-state index in [0.717, 1.165) is 12.4 Å². The van der Waals surface area contributed by atoms with Gasteiger partial charge < -0.3 is 5.11 Å². The number of carbonyl (C=O) groups is 1. The molecule has 10 heteroatoms. The molecule has 0 fully saturated rings. The molecule has 2 aromatic rings. The van der Waals surface area contributed by atoms with Crippen LogP contribution in [0.15, 0.2) is 40.0 Å². The summed E-state index contributed by atoms with van der Waals surface area (Å²) in [7, 11) is -4.03. The standard InChI is InChI=1S/C11H7BrClN3O4S/c12-7-2-1-6(11(17)18)3-8(7)21(19,20)16-10-4-9(13)14-5-15-10/h1-5H,(H,17,18)(H,14,15,16). The predicted molar refractivity (Wildman–Crippen MR) is 79.0 cm³/mol. The molecule has 1 aromatic heterocycles. The van der Waals surface area contributed by atoms with Gasteiger partial charge in [0.25, 0.3) is 10.0 Å². The van der Waals surface area contributed by atoms with E-state index in [-0.39, 0.29) is 25.9 Å². The van der Waals surface area contributed by atoms with Gasteiger partial charge in [0, 0.05) is 10.5 Å². The highest BCUT2D eigenvalue weighted by molar-refractivity contribution is 9.10. The molecule has 2 N–H and O–H groups in total. The lowest BCUT2D eigenvalue weighted by molar-refractivity contribution is 0.0696. The van der Waals surface area contributed by atoms with Crippen LogP contribution in [-0.2, 0) is 10.0 Å². The molecule has 0 bridgehead atoms. The van der Waals surface area contributed by atoms with E-state index in [4.69, 9.17) is 16.7 Å². The van der Waals surface area contributed by atoms with Crippen LogP contribution in [-0.4, -0.2) is 29.5 Å². The third kappa shape index (κ3) is 3.69. The maximum atomic E-state index is 12.3. The molecule has 0 amide bonds. The number of benzene rings is 1. The summed E-state index contributed by atoms with van der Waals surface area (Å²) in [6.07, 6.45) is 1.10. The maximum Gasteiger partial charge on any atom is 0.335 e. The number of nitrogens with one attached hydrogen (secondary N) is 1. The van der Waals surface area contributed by atoms with Crippen molar-refractivity contribution < 1.29 is 18.3 Å². The van der Waals surface area contributed by atoms with E-state index in [0.29, 0.717) is 0 Å². The molecule has 0 aliphatic rings. The Bertz CT molecular complexity index is 813. The lowest BCUT2D eigenvalue weighted by Gasteiger charge is -2.09. The van der Waals surface area contributed by atoms with Gasteiger partial charge in [0.1, 0.15) is 22.2 Å². The van der Waals surface area contributed by atoms with Crippen LogP contribution in [0.2, 0.25) is 5.15 Å². The number of anilines is 1. The zero-order valence-electron chi connectivity index (χ0n) is 10.1. The average molecular weight is 393 g/mol. The lowest BCUT2D eigenvalue weighted by atomic mass is 10.2. The molecule has 0 radical (unpaired) electrons. The van der Waals surface area contributed by atoms with Crippen LogP contribution in [0.4, 0.5) is 5.82 Å². The Balaban J connectivity index is 2.44. The number of carboxylic acid groups (broad SMARTS) is 1. The average Bonchev–Trinajstić information content (AvgIpc) is 2.38. The first-order chi connectivity index (χ1) is 9.79. The molecule has 0 aliphatic carbocycles. The van der Waals surface area contributed by atoms with Crippen molar-refractivity contribution in [2.45, 2.75) is 4.90 Å². The number of sulfonamides is 1. The van der Waals surface area contributed by atoms with Crippen molar-refractivity contribution >= 4 is 49.3 Å². The number of carboxylic acids is 1. The van der Waals surface area contributed by atoms with Gasteiger partial charge in [-0.15, -0.1) is 0 Å². The smallest absolute Gasteiger partial charge is 0.335 e. The van der Waals surface area contributed by atoms with Crippen LogP contribution in [0.3, 0.4) is 0 Å². The molecule has 0 aliphatic heterocycles. The van der Waals surface area contributed by atoms with Crippen molar-refractivity contribution in [2.24, 2.45) is 0 Å². The first kappa shape index (κ1) is 15.7. The summed E-state index contributed by atoms with van der Waals surface area (Å²) in [5.74, 6) is -1.26. The van der Waals surface area contributed by atoms with Gasteiger partial charge in [0.2, 0.25) is 0 Å². The predicted octanol–water partition coefficient (Wildman–Crippen LogP) is 2.39. The minimum Gasteiger partial charge on any atom is -0.478 e. The highest BCUT2D eigenvalue weighted by atomic mass is 79.9. The van der Waals surface area contributed by atoms with E-state index in [9.17, 15) is 13.2 Å². The van der Waals surface area contributed by atoms with E-state index in [2.05, 4.69) is 30.6 Å². The molecule has 21 heavy (non-hydrogen) atoms. The van der Waals surface area contributed by atoms with Crippen molar-refractivity contribution in [1.29, 1.82) is 0 Å². The van der Waals surface area contributed by atoms with Crippen LogP contribution < -0.4 is 4.72 Å². The Morgan fingerprint density at radius 2 is 2.00 bits per heavy atom. The molecule has 110 valence electrons. The highest BCUT2D eigenvalue weighted by Gasteiger charge is 2.20. The van der Waals surface area contributed by atoms with E-state index >= 15 is 0 Å². The Morgan fingerprint density at radius 1 is 1.29 bits per heavy atom. The summed E-state index contributed by atoms with van der Waals surface area (Å²) in [5, 5.41) is 8.99. The third-order valence-corrected chi connectivity index (χ3v) is 4.90. The fraction of sp³-hybridized carbons (Fsp3) is 0. The van der Waals surface area contributed by atoms with E-state index < -0.39 is 16.0 Å². The maximum absolute atomic E-state index is 12.3. The van der Waals surface area contributed by atoms with Crippen molar-refractivity contribution in [3.05, 3.63) is 45.8 Å². The second kappa shape index (κ2) is 5.96. The second-order valence-corrected chi connectivity index (χ2v) is 6.67. The summed E-state index contributed by atoms with van der Waals surface area (Å²) in [6.45, 7) is 0. The van der Waals surface area contributed by atoms with Crippen molar-refractivity contribution in [2.75, 3.05) is 4.72 Å². The van der Waals surface area contributed by atoms with Gasteiger partial charge in [0.15, 0.2) is 0 Å². The Morgan fingerprint density at radius 3 is 2.62 bits per heavy atom. The Kier molecular flexibility index (Phi) is 4.45. The largest absolute Gasteiger partial charge is 0.478 e. The van der Waals surface area contributed by atoms with Crippen molar-refractivity contribution in [3.8, 4) is 0 Å². The number of halogens is 2. The number of aromatic nitrogens is 2. The zero-order chi connectivity index (χ0) is 15.6. The quantitative estimate of drug-likeness (QED) is 0.773. The van der Waals surface area contributed by atoms with E-state index in [1.165, 1.54) is 18.2 Å². The molecule has 0 saturated carbocycles. The molecular weight excluding hydrogens is 386 g/mol. The highest BCUT2D eigenvalue weighted by Crippen LogP contribution is 2.25. The van der Waals surface area contributed by atoms with E-state index in [1.54, 1.807) is 0 Å². The molecule has 0 spiro atoms. The zero-order valence-corrected chi connectivity index (χ0v) is 13.3. The van der Waals surface area contributed by atoms with Crippen LogP contribution in [0, 0.1) is 0 Å². The van der Waals surface area contributed by atoms with Crippen LogP contribution in [0.5, 0.6) is 0 Å². The van der Waals surface area contributed by atoms with Gasteiger partial charge in [-0.25, -0.2) is 23.2 Å². The van der Waals surface area contributed by atoms with Gasteiger partial charge in [-0.05, 0) is 34.1 Å². The number of hydrogen-bond acceptors (Lipinski definition) is 5. The second-order valence-electron chi connectivity index (χ2n) is 3.78. The van der Waals surface area contributed by atoms with Gasteiger partial charge in [-0.3, -0.25) is 4.72 Å². The summed E-state index contributed by atoms with van der Waals surface area (Å²) in [4.78, 5) is 18.1. The van der Waals surface area contributed by atoms with Crippen LogP contribution in [0.25, 0.3) is 0 Å². The summed E-state index contributed by atoms with van der Waals surface area (Å²) in [6, 6.07) is 4.89. The molecule has 7 nitrogen and oxygen atoms in total. The van der Waals surface area contributed by atoms with Gasteiger partial charge >= 0.3 is 5.97 Å². The minimum atomic E-state index is -4.03. The van der Waals surface area contributed by atoms with E-state index in [1.807, 2.05) is 0 Å². The van der Waals surface area contributed by atoms with Gasteiger partial charge in [0.05, 0.1) is 5.56 Å². The normalized spacial score (nSPS) is 11.1. The molecule has 0 unspecified atom stereocenters. The topological polar surface area (TPSA) is 109 Å². The molecular formula is C11H7BrClN3O4S. The summed E-state index contributed by atoms with van der Waals surface area (Å²) < 4.78 is 27.0. The Hall–Kier alpha value is -1.71. The first-order valence-electron chi connectivity index (χ1n) is 5.33. The number of aromatic carboxylic acids is 1. The SMILES string of the molecule is O=C(O)c1ccc(Br)c(S(=O)(=O)Nc2cc(Cl)ncn2)c1. The monoisotopic (exact) mass is 391 g/mol. The minimum absolute atomic E-state index is 0.0253. The summed E-state index contributed by atoms with van der Waals surface area (Å²) >= 11 is 8.72. The number of rotatable bonds is 4. The third-order valence-electron chi connectivity index (χ3n) is 2.34. The van der Waals surface area contributed by atoms with Gasteiger partial charge in [-0.2, -0.15) is 0 Å². The Labute approximate surface area is 133 Å². The fourth-order valence-electron chi connectivity index (χ4n) is 1.42. The molecule has 0 saturated heterocycles. The lowest BCUT2D eigenvalue weighted by Crippen LogP contribution is -2.15. The van der Waals surface area contributed by atoms with Gasteiger partial charge in [-0.1, -0.05) is 11.6 Å². The molecule has 0 atom stereocenters. The van der Waals surface area contributed by atoms with Crippen molar-refractivity contribution in [1.82, 2.24) is 9.97 Å². The number of hydrogen-bond donors (Lipinski definition) is 2. The van der Waals surface area contributed by atoms with Crippen LogP contribution in [0.1, 0.15) is 10.4 Å². The molecule has 1 aromatic carbocycles. The molecule has 1 heterocycles. The first-order valence-corrected chi connectivity index (χ1v) is 7.98. The summed E-state index contributed by atoms with van der Waals surface area (Å²) in [5.41, 5.74) is -0.153. The fourth-order valence-corrected chi connectivity index (χ4v) is 3.56. The van der Waals surface area contributed by atoms with Crippen LogP contribution >= 0.6 is 27.5 Å². The number of nitrogens with zero attached hydrogens (tertiary/aromatic N) is 2. The molecule has 2 rings (SSSR count).